The molecule has 0 aliphatic rings. The number of benzene rings is 2. The van der Waals surface area contributed by atoms with Gasteiger partial charge in [0.15, 0.2) is 10.8 Å². The Morgan fingerprint density at radius 3 is 2.44 bits per heavy atom. The minimum absolute atomic E-state index is 0.0104. The van der Waals surface area contributed by atoms with Crippen LogP contribution in [0.5, 0.6) is 0 Å². The molecule has 0 radical (unpaired) electrons. The maximum atomic E-state index is 11.9. The highest BCUT2D eigenvalue weighted by Gasteiger charge is 2.21. The standard InChI is InChI=1S/C29H32ClN7O8/c1-2-3-11-24-31-26(30)25(28(38)39)35(24)18-20-12-14-21(15-13-20)22-9-5-6-10-23(22)27-32-34-36(33-27)19-44-29(40)43-16-7-4-8-17-45-37(41)42/h5-6,9-10,12-15H,2-4,7-8,11,16-19H2,1H3,(H,38,39). The Labute approximate surface area is 262 Å². The van der Waals surface area contributed by atoms with Gasteiger partial charge in [-0.25, -0.2) is 14.6 Å². The number of aryl methyl sites for hydroxylation is 1. The van der Waals surface area contributed by atoms with E-state index < -0.39 is 17.2 Å². The fourth-order valence-electron chi connectivity index (χ4n) is 4.50. The van der Waals surface area contributed by atoms with Crippen molar-refractivity contribution in [3.05, 3.63) is 80.9 Å². The minimum Gasteiger partial charge on any atom is -0.476 e. The second-order valence-electron chi connectivity index (χ2n) is 9.88. The molecule has 0 atom stereocenters. The normalized spacial score (nSPS) is 10.9. The number of nitrogens with zero attached hydrogens (tertiary/aromatic N) is 7. The molecule has 16 heteroatoms. The third-order valence-electron chi connectivity index (χ3n) is 6.69. The van der Waals surface area contributed by atoms with Crippen molar-refractivity contribution in [3.63, 3.8) is 0 Å². The largest absolute Gasteiger partial charge is 0.510 e. The van der Waals surface area contributed by atoms with Crippen molar-refractivity contribution in [2.45, 2.75) is 58.7 Å². The van der Waals surface area contributed by atoms with Gasteiger partial charge in [0.1, 0.15) is 5.82 Å². The molecular weight excluding hydrogens is 610 g/mol. The molecule has 0 aliphatic carbocycles. The Kier molecular flexibility index (Phi) is 11.8. The zero-order valence-electron chi connectivity index (χ0n) is 24.5. The number of aromatic nitrogens is 6. The molecule has 0 unspecified atom stereocenters. The SMILES string of the molecule is CCCCc1nc(Cl)c(C(=O)O)n1Cc1ccc(-c2ccccc2-c2nnn(COC(=O)OCCCCCO[N+](=O)[O-])n2)cc1. The van der Waals surface area contributed by atoms with Gasteiger partial charge in [-0.05, 0) is 47.6 Å². The summed E-state index contributed by atoms with van der Waals surface area (Å²) in [6.45, 7) is 2.13. The number of halogens is 1. The van der Waals surface area contributed by atoms with Crippen LogP contribution in [0.2, 0.25) is 5.15 Å². The molecule has 4 aromatic rings. The second-order valence-corrected chi connectivity index (χ2v) is 10.2. The van der Waals surface area contributed by atoms with Gasteiger partial charge in [-0.1, -0.05) is 73.5 Å². The molecule has 45 heavy (non-hydrogen) atoms. The van der Waals surface area contributed by atoms with Crippen molar-refractivity contribution in [2.75, 3.05) is 13.2 Å². The quantitative estimate of drug-likeness (QED) is 0.0667. The number of rotatable bonds is 17. The van der Waals surface area contributed by atoms with Gasteiger partial charge in [0.25, 0.3) is 5.09 Å². The van der Waals surface area contributed by atoms with Crippen molar-refractivity contribution in [3.8, 4) is 22.5 Å². The fourth-order valence-corrected chi connectivity index (χ4v) is 4.78. The lowest BCUT2D eigenvalue weighted by Crippen LogP contribution is -2.14. The summed E-state index contributed by atoms with van der Waals surface area (Å²) in [5, 5.41) is 31.4. The molecule has 0 fully saturated rings. The molecule has 2 aromatic carbocycles. The monoisotopic (exact) mass is 641 g/mol. The summed E-state index contributed by atoms with van der Waals surface area (Å²) in [6.07, 6.45) is 3.08. The summed E-state index contributed by atoms with van der Waals surface area (Å²) in [6, 6.07) is 15.2. The minimum atomic E-state index is -1.13. The second kappa shape index (κ2) is 16.1. The van der Waals surface area contributed by atoms with Gasteiger partial charge >= 0.3 is 12.1 Å². The van der Waals surface area contributed by atoms with E-state index in [-0.39, 0.29) is 30.8 Å². The predicted octanol–water partition coefficient (Wildman–Crippen LogP) is 5.44. The number of carbonyl (C=O) groups is 2. The zero-order chi connectivity index (χ0) is 32.2. The van der Waals surface area contributed by atoms with Gasteiger partial charge in [-0.2, -0.15) is 0 Å². The average Bonchev–Trinajstić information content (AvgIpc) is 3.62. The summed E-state index contributed by atoms with van der Waals surface area (Å²) in [7, 11) is 0. The summed E-state index contributed by atoms with van der Waals surface area (Å²) >= 11 is 6.17. The average molecular weight is 642 g/mol. The molecule has 0 saturated carbocycles. The van der Waals surface area contributed by atoms with Crippen LogP contribution >= 0.6 is 11.6 Å². The van der Waals surface area contributed by atoms with Crippen molar-refractivity contribution in [1.29, 1.82) is 0 Å². The fraction of sp³-hybridized carbons (Fsp3) is 0.379. The number of imidazole rings is 1. The van der Waals surface area contributed by atoms with E-state index in [2.05, 4.69) is 32.2 Å². The molecule has 0 bridgehead atoms. The van der Waals surface area contributed by atoms with Crippen LogP contribution in [0.4, 0.5) is 4.79 Å². The van der Waals surface area contributed by atoms with Crippen molar-refractivity contribution in [1.82, 2.24) is 29.8 Å². The van der Waals surface area contributed by atoms with Crippen LogP contribution < -0.4 is 0 Å². The molecule has 238 valence electrons. The molecule has 2 aromatic heterocycles. The number of ether oxygens (including phenoxy) is 2. The van der Waals surface area contributed by atoms with Gasteiger partial charge < -0.3 is 24.0 Å². The van der Waals surface area contributed by atoms with Crippen LogP contribution in [0.1, 0.15) is 60.9 Å². The molecule has 2 heterocycles. The number of unbranched alkanes of at least 4 members (excludes halogenated alkanes) is 3. The van der Waals surface area contributed by atoms with E-state index in [1.807, 2.05) is 48.5 Å². The van der Waals surface area contributed by atoms with Gasteiger partial charge in [-0.15, -0.1) is 25.1 Å². The Balaban J connectivity index is 1.37. The molecule has 0 amide bonds. The van der Waals surface area contributed by atoms with Gasteiger partial charge in [0.2, 0.25) is 12.6 Å². The molecule has 15 nitrogen and oxygen atoms in total. The lowest BCUT2D eigenvalue weighted by Gasteiger charge is -2.12. The van der Waals surface area contributed by atoms with Gasteiger partial charge in [0, 0.05) is 18.5 Å². The van der Waals surface area contributed by atoms with Gasteiger partial charge in [0.05, 0.1) is 13.2 Å². The lowest BCUT2D eigenvalue weighted by atomic mass is 9.98. The molecule has 4 rings (SSSR count). The van der Waals surface area contributed by atoms with Crippen LogP contribution in [0, 0.1) is 10.1 Å². The first-order chi connectivity index (χ1) is 21.8. The van der Waals surface area contributed by atoms with Gasteiger partial charge in [-0.3, -0.25) is 0 Å². The number of hydrogen-bond acceptors (Lipinski definition) is 11. The smallest absolute Gasteiger partial charge is 0.476 e. The van der Waals surface area contributed by atoms with Crippen LogP contribution in [0.25, 0.3) is 22.5 Å². The lowest BCUT2D eigenvalue weighted by molar-refractivity contribution is -0.757. The third kappa shape index (κ3) is 9.22. The van der Waals surface area contributed by atoms with Crippen LogP contribution in [-0.2, 0) is 34.0 Å². The third-order valence-corrected chi connectivity index (χ3v) is 6.95. The first kappa shape index (κ1) is 32.9. The highest BCUT2D eigenvalue weighted by molar-refractivity contribution is 6.32. The van der Waals surface area contributed by atoms with E-state index in [0.717, 1.165) is 34.3 Å². The molecule has 0 saturated heterocycles. The van der Waals surface area contributed by atoms with Crippen LogP contribution in [-0.4, -0.2) is 65.3 Å². The summed E-state index contributed by atoms with van der Waals surface area (Å²) in [5.41, 5.74) is 3.28. The number of aromatic carboxylic acids is 1. The van der Waals surface area contributed by atoms with E-state index in [4.69, 9.17) is 21.1 Å². The van der Waals surface area contributed by atoms with E-state index in [9.17, 15) is 24.8 Å². The summed E-state index contributed by atoms with van der Waals surface area (Å²) < 4.78 is 11.7. The Morgan fingerprint density at radius 2 is 1.73 bits per heavy atom. The molecule has 0 aliphatic heterocycles. The Hall–Kier alpha value is -5.05. The summed E-state index contributed by atoms with van der Waals surface area (Å²) in [5.74, 6) is -0.166. The Bertz CT molecular complexity index is 1610. The molecule has 1 N–H and O–H groups in total. The number of carboxylic acids is 1. The van der Waals surface area contributed by atoms with Crippen LogP contribution in [0.3, 0.4) is 0 Å². The van der Waals surface area contributed by atoms with Crippen molar-refractivity contribution in [2.24, 2.45) is 0 Å². The first-order valence-corrected chi connectivity index (χ1v) is 14.7. The number of hydrogen-bond donors (Lipinski definition) is 1. The molecular formula is C29H32ClN7O8. The Morgan fingerprint density at radius 1 is 1.00 bits per heavy atom. The number of tetrazole rings is 1. The first-order valence-electron chi connectivity index (χ1n) is 14.3. The van der Waals surface area contributed by atoms with Crippen LogP contribution in [0.15, 0.2) is 48.5 Å². The molecule has 0 spiro atoms. The topological polar surface area (TPSA) is 187 Å². The number of carbonyl (C=O) groups excluding carboxylic acids is 1. The van der Waals surface area contributed by atoms with E-state index in [0.29, 0.717) is 49.4 Å². The predicted molar refractivity (Wildman–Crippen MR) is 160 cm³/mol. The highest BCUT2D eigenvalue weighted by atomic mass is 35.5. The number of carboxylic acid groups (broad SMARTS) is 1. The van der Waals surface area contributed by atoms with E-state index in [1.54, 1.807) is 4.57 Å². The maximum Gasteiger partial charge on any atom is 0.510 e. The van der Waals surface area contributed by atoms with E-state index in [1.165, 1.54) is 0 Å². The van der Waals surface area contributed by atoms with E-state index >= 15 is 0 Å². The van der Waals surface area contributed by atoms with Crippen molar-refractivity contribution < 1.29 is 34.1 Å². The zero-order valence-corrected chi connectivity index (χ0v) is 25.3. The summed E-state index contributed by atoms with van der Waals surface area (Å²) in [4.78, 5) is 43.5. The van der Waals surface area contributed by atoms with Crippen molar-refractivity contribution >= 4 is 23.7 Å². The highest BCUT2D eigenvalue weighted by Crippen LogP contribution is 2.30. The maximum absolute atomic E-state index is 11.9.